The predicted molar refractivity (Wildman–Crippen MR) is 128 cm³/mol. The minimum Gasteiger partial charge on any atom is -0.503 e. The molecule has 0 bridgehead atoms. The highest BCUT2D eigenvalue weighted by atomic mass is 79.9. The molecule has 1 aliphatic rings. The molecule has 0 saturated carbocycles. The number of Topliss-reactive ketones (excluding diaryl/α,β-unsaturated/α-hetero) is 1. The van der Waals surface area contributed by atoms with Gasteiger partial charge in [-0.3, -0.25) is 14.5 Å². The van der Waals surface area contributed by atoms with Crippen LogP contribution < -0.4 is 4.90 Å². The van der Waals surface area contributed by atoms with Crippen LogP contribution in [0.2, 0.25) is 0 Å². The fourth-order valence-electron chi connectivity index (χ4n) is 4.09. The lowest BCUT2D eigenvalue weighted by Crippen LogP contribution is -2.31. The minimum atomic E-state index is -0.740. The van der Waals surface area contributed by atoms with Gasteiger partial charge in [0.2, 0.25) is 5.78 Å². The number of carbonyl (C=O) groups excluding carboxylic acids is 2. The second-order valence-electron chi connectivity index (χ2n) is 7.72. The Labute approximate surface area is 196 Å². The molecule has 3 heterocycles. The summed E-state index contributed by atoms with van der Waals surface area (Å²) in [6.45, 7) is 3.83. The molecule has 1 aliphatic heterocycles. The number of rotatable bonds is 4. The maximum atomic E-state index is 13.6. The first-order valence-corrected chi connectivity index (χ1v) is 11.6. The molecule has 0 aliphatic carbocycles. The number of ketones is 1. The molecule has 1 unspecified atom stereocenters. The molecule has 2 aromatic heterocycles. The molecule has 32 heavy (non-hydrogen) atoms. The number of fused-ring (bicyclic) bond motifs is 1. The number of thiophene rings is 1. The van der Waals surface area contributed by atoms with Crippen molar-refractivity contribution < 1.29 is 19.1 Å². The monoisotopic (exact) mass is 507 g/mol. The molecular formula is C25H18BrNO4S. The van der Waals surface area contributed by atoms with Gasteiger partial charge in [-0.2, -0.15) is 0 Å². The van der Waals surface area contributed by atoms with E-state index in [0.29, 0.717) is 11.3 Å². The number of aryl methyl sites for hydroxylation is 2. The topological polar surface area (TPSA) is 70.8 Å². The van der Waals surface area contributed by atoms with E-state index in [9.17, 15) is 14.7 Å². The van der Waals surface area contributed by atoms with Gasteiger partial charge in [-0.15, -0.1) is 11.3 Å². The lowest BCUT2D eigenvalue weighted by Gasteiger charge is -2.27. The van der Waals surface area contributed by atoms with Gasteiger partial charge >= 0.3 is 0 Å². The minimum absolute atomic E-state index is 0.0296. The van der Waals surface area contributed by atoms with E-state index in [0.717, 1.165) is 25.9 Å². The Balaban J connectivity index is 1.68. The van der Waals surface area contributed by atoms with Crippen LogP contribution in [0, 0.1) is 13.8 Å². The Morgan fingerprint density at radius 3 is 2.59 bits per heavy atom. The van der Waals surface area contributed by atoms with Gasteiger partial charge in [0.05, 0.1) is 5.57 Å². The van der Waals surface area contributed by atoms with Crippen LogP contribution in [0.3, 0.4) is 0 Å². The molecule has 7 heteroatoms. The van der Waals surface area contributed by atoms with Crippen LogP contribution in [0.5, 0.6) is 0 Å². The van der Waals surface area contributed by atoms with E-state index >= 15 is 0 Å². The van der Waals surface area contributed by atoms with E-state index in [4.69, 9.17) is 4.42 Å². The highest BCUT2D eigenvalue weighted by Gasteiger charge is 2.46. The maximum Gasteiger partial charge on any atom is 0.294 e. The largest absolute Gasteiger partial charge is 0.503 e. The first-order chi connectivity index (χ1) is 15.4. The van der Waals surface area contributed by atoms with E-state index in [2.05, 4.69) is 15.9 Å². The Kier molecular flexibility index (Phi) is 5.03. The fourth-order valence-corrected chi connectivity index (χ4v) is 5.49. The lowest BCUT2D eigenvalue weighted by molar-refractivity contribution is -0.117. The summed E-state index contributed by atoms with van der Waals surface area (Å²) in [5.41, 5.74) is 3.05. The second-order valence-corrected chi connectivity index (χ2v) is 9.58. The van der Waals surface area contributed by atoms with Crippen molar-refractivity contribution in [3.63, 3.8) is 0 Å². The number of anilines is 1. The average Bonchev–Trinajstić information content (AvgIpc) is 3.44. The third-order valence-electron chi connectivity index (χ3n) is 5.68. The number of benzene rings is 2. The zero-order chi connectivity index (χ0) is 22.6. The number of nitrogens with zero attached hydrogens (tertiary/aromatic N) is 1. The Morgan fingerprint density at radius 2 is 1.88 bits per heavy atom. The van der Waals surface area contributed by atoms with Crippen molar-refractivity contribution in [2.75, 3.05) is 4.90 Å². The summed E-state index contributed by atoms with van der Waals surface area (Å²) in [6.07, 6.45) is 0. The third kappa shape index (κ3) is 3.20. The van der Waals surface area contributed by atoms with Crippen LogP contribution in [-0.2, 0) is 4.79 Å². The lowest BCUT2D eigenvalue weighted by atomic mass is 9.98. The van der Waals surface area contributed by atoms with Crippen LogP contribution in [0.1, 0.15) is 32.6 Å². The molecule has 5 rings (SSSR count). The summed E-state index contributed by atoms with van der Waals surface area (Å²) in [4.78, 5) is 29.2. The zero-order valence-electron chi connectivity index (χ0n) is 17.3. The van der Waals surface area contributed by atoms with Gasteiger partial charge in [-0.05, 0) is 66.8 Å². The molecule has 2 aromatic carbocycles. The van der Waals surface area contributed by atoms with Gasteiger partial charge in [-0.25, -0.2) is 0 Å². The van der Waals surface area contributed by atoms with Crippen molar-refractivity contribution in [1.29, 1.82) is 0 Å². The number of hydrogen-bond donors (Lipinski definition) is 1. The van der Waals surface area contributed by atoms with Crippen molar-refractivity contribution in [3.8, 4) is 0 Å². The normalized spacial score (nSPS) is 16.4. The first-order valence-electron chi connectivity index (χ1n) is 9.97. The van der Waals surface area contributed by atoms with Crippen molar-refractivity contribution in [3.05, 3.63) is 97.5 Å². The number of aliphatic hydroxyl groups excluding tert-OH is 1. The number of aliphatic hydroxyl groups is 1. The Hall–Kier alpha value is -3.16. The first kappa shape index (κ1) is 20.7. The van der Waals surface area contributed by atoms with Crippen LogP contribution in [0.15, 0.2) is 80.2 Å². The molecule has 0 radical (unpaired) electrons. The second kappa shape index (κ2) is 7.76. The summed E-state index contributed by atoms with van der Waals surface area (Å²) in [5.74, 6) is -1.56. The number of para-hydroxylation sites is 1. The Morgan fingerprint density at radius 1 is 1.09 bits per heavy atom. The molecular weight excluding hydrogens is 490 g/mol. The molecule has 5 nitrogen and oxygen atoms in total. The van der Waals surface area contributed by atoms with E-state index in [-0.39, 0.29) is 11.3 Å². The van der Waals surface area contributed by atoms with E-state index in [1.807, 2.05) is 61.7 Å². The molecule has 1 N–H and O–H groups in total. The number of halogens is 1. The number of amides is 1. The third-order valence-corrected chi connectivity index (χ3v) is 7.24. The highest BCUT2D eigenvalue weighted by molar-refractivity contribution is 9.10. The van der Waals surface area contributed by atoms with Crippen LogP contribution in [0.4, 0.5) is 5.69 Å². The summed E-state index contributed by atoms with van der Waals surface area (Å²) in [6, 6.07) is 15.7. The van der Waals surface area contributed by atoms with Gasteiger partial charge in [-0.1, -0.05) is 34.1 Å². The number of furan rings is 1. The standard InChI is InChI=1S/C25H18BrNO4S/c1-13-5-3-4-6-17(13)27-21(24-14(2)9-10-32-24)20(23(29)25(27)30)22(28)19-12-15-11-16(26)7-8-18(15)31-19/h3-12,21,29H,1-2H3. The van der Waals surface area contributed by atoms with Crippen LogP contribution in [0.25, 0.3) is 11.0 Å². The molecule has 0 spiro atoms. The SMILES string of the molecule is Cc1ccccc1N1C(=O)C(O)=C(C(=O)c2cc3cc(Br)ccc3o2)C1c1sccc1C. The molecule has 4 aromatic rings. The smallest absolute Gasteiger partial charge is 0.294 e. The van der Waals surface area contributed by atoms with E-state index in [1.54, 1.807) is 12.1 Å². The quantitative estimate of drug-likeness (QED) is 0.313. The van der Waals surface area contributed by atoms with Gasteiger partial charge < -0.3 is 9.52 Å². The Bertz CT molecular complexity index is 1430. The molecule has 0 fully saturated rings. The van der Waals surface area contributed by atoms with Gasteiger partial charge in [0.25, 0.3) is 5.91 Å². The zero-order valence-corrected chi connectivity index (χ0v) is 19.7. The average molecular weight is 508 g/mol. The highest BCUT2D eigenvalue weighted by Crippen LogP contribution is 2.45. The molecule has 0 saturated heterocycles. The van der Waals surface area contributed by atoms with Crippen molar-refractivity contribution >= 4 is 55.6 Å². The van der Waals surface area contributed by atoms with Crippen molar-refractivity contribution in [2.24, 2.45) is 0 Å². The predicted octanol–water partition coefficient (Wildman–Crippen LogP) is 6.66. The van der Waals surface area contributed by atoms with E-state index in [1.165, 1.54) is 16.2 Å². The summed E-state index contributed by atoms with van der Waals surface area (Å²) in [5, 5.41) is 13.6. The van der Waals surface area contributed by atoms with Crippen LogP contribution >= 0.6 is 27.3 Å². The van der Waals surface area contributed by atoms with Crippen molar-refractivity contribution in [2.45, 2.75) is 19.9 Å². The molecule has 1 amide bonds. The van der Waals surface area contributed by atoms with Gasteiger partial charge in [0, 0.05) is 20.4 Å². The maximum absolute atomic E-state index is 13.6. The summed E-state index contributed by atoms with van der Waals surface area (Å²) < 4.78 is 6.66. The summed E-state index contributed by atoms with van der Waals surface area (Å²) >= 11 is 4.87. The summed E-state index contributed by atoms with van der Waals surface area (Å²) in [7, 11) is 0. The van der Waals surface area contributed by atoms with Crippen molar-refractivity contribution in [1.82, 2.24) is 0 Å². The fraction of sp³-hybridized carbons (Fsp3) is 0.120. The van der Waals surface area contributed by atoms with Crippen LogP contribution in [-0.4, -0.2) is 16.8 Å². The van der Waals surface area contributed by atoms with Gasteiger partial charge in [0.1, 0.15) is 11.6 Å². The van der Waals surface area contributed by atoms with E-state index < -0.39 is 23.5 Å². The molecule has 1 atom stereocenters. The van der Waals surface area contributed by atoms with Gasteiger partial charge in [0.15, 0.2) is 11.5 Å². The number of hydrogen-bond acceptors (Lipinski definition) is 5. The molecule has 160 valence electrons. The number of carbonyl (C=O) groups is 2.